The van der Waals surface area contributed by atoms with Gasteiger partial charge >= 0.3 is 0 Å². The van der Waals surface area contributed by atoms with E-state index in [4.69, 9.17) is 4.52 Å². The van der Waals surface area contributed by atoms with E-state index in [9.17, 15) is 4.79 Å². The van der Waals surface area contributed by atoms with Crippen molar-refractivity contribution in [2.24, 2.45) is 0 Å². The van der Waals surface area contributed by atoms with Crippen molar-refractivity contribution in [3.05, 3.63) is 99.0 Å². The van der Waals surface area contributed by atoms with Gasteiger partial charge in [0.05, 0.1) is 5.39 Å². The average molecular weight is 504 g/mol. The smallest absolute Gasteiger partial charge is 0.257 e. The lowest BCUT2D eigenvalue weighted by Crippen LogP contribution is -2.11. The molecule has 0 unspecified atom stereocenters. The van der Waals surface area contributed by atoms with Gasteiger partial charge in [-0.05, 0) is 55.0 Å². The number of hydrogen-bond acceptors (Lipinski definition) is 5. The number of hydrogen-bond donors (Lipinski definition) is 1. The van der Waals surface area contributed by atoms with Crippen molar-refractivity contribution in [1.29, 1.82) is 0 Å². The quantitative estimate of drug-likeness (QED) is 0.284. The SMILES string of the molecule is Cc1ccc(Cc2cnc(NC(=O)c3ccc4noc(-c5ccc(Br)cc5)c4c3)s2)cc1. The number of fused-ring (bicyclic) bond motifs is 1. The number of halogens is 1. The van der Waals surface area contributed by atoms with Crippen LogP contribution in [0, 0.1) is 6.92 Å². The Hall–Kier alpha value is -3.29. The van der Waals surface area contributed by atoms with E-state index in [-0.39, 0.29) is 5.91 Å². The van der Waals surface area contributed by atoms with E-state index >= 15 is 0 Å². The van der Waals surface area contributed by atoms with Crippen molar-refractivity contribution in [3.8, 4) is 11.3 Å². The first-order chi connectivity index (χ1) is 15.5. The van der Waals surface area contributed by atoms with Gasteiger partial charge in [-0.15, -0.1) is 11.3 Å². The number of aryl methyl sites for hydroxylation is 1. The second kappa shape index (κ2) is 8.68. The Bertz CT molecular complexity index is 1410. The van der Waals surface area contributed by atoms with Gasteiger partial charge in [-0.2, -0.15) is 0 Å². The standard InChI is InChI=1S/C25H18BrN3O2S/c1-15-2-4-16(5-3-15)12-20-14-27-25(32-20)28-24(30)18-8-11-22-21(13-18)23(31-29-22)17-6-9-19(26)10-7-17/h2-11,13-14H,12H2,1H3,(H,27,28,30). The molecule has 0 bridgehead atoms. The largest absolute Gasteiger partial charge is 0.355 e. The number of nitrogens with one attached hydrogen (secondary N) is 1. The number of benzene rings is 3. The third-order valence-electron chi connectivity index (χ3n) is 5.12. The number of thiazole rings is 1. The van der Waals surface area contributed by atoms with Gasteiger partial charge in [-0.25, -0.2) is 4.98 Å². The van der Waals surface area contributed by atoms with Gasteiger partial charge in [0, 0.05) is 33.1 Å². The Kier molecular flexibility index (Phi) is 5.59. The molecule has 0 fully saturated rings. The highest BCUT2D eigenvalue weighted by atomic mass is 79.9. The predicted molar refractivity (Wildman–Crippen MR) is 131 cm³/mol. The zero-order chi connectivity index (χ0) is 22.1. The molecule has 5 nitrogen and oxygen atoms in total. The maximum atomic E-state index is 12.9. The topological polar surface area (TPSA) is 68.0 Å². The predicted octanol–water partition coefficient (Wildman–Crippen LogP) is 6.87. The van der Waals surface area contributed by atoms with Gasteiger partial charge in [-0.3, -0.25) is 10.1 Å². The van der Waals surface area contributed by atoms with E-state index in [0.717, 1.165) is 26.7 Å². The molecule has 5 rings (SSSR count). The van der Waals surface area contributed by atoms with Gasteiger partial charge in [0.1, 0.15) is 5.52 Å². The molecule has 2 heterocycles. The molecule has 0 saturated heterocycles. The molecule has 0 atom stereocenters. The fraction of sp³-hybridized carbons (Fsp3) is 0.0800. The Morgan fingerprint density at radius 1 is 1.06 bits per heavy atom. The second-order valence-electron chi connectivity index (χ2n) is 7.50. The van der Waals surface area contributed by atoms with Crippen LogP contribution in [-0.4, -0.2) is 16.0 Å². The van der Waals surface area contributed by atoms with Gasteiger partial charge in [0.25, 0.3) is 5.91 Å². The number of carbonyl (C=O) groups excluding carboxylic acids is 1. The Morgan fingerprint density at radius 2 is 1.84 bits per heavy atom. The molecule has 3 aromatic carbocycles. The lowest BCUT2D eigenvalue weighted by atomic mass is 10.1. The first-order valence-corrected chi connectivity index (χ1v) is 11.6. The normalized spacial score (nSPS) is 11.1. The van der Waals surface area contributed by atoms with Crippen LogP contribution in [0.25, 0.3) is 22.2 Å². The van der Waals surface area contributed by atoms with Gasteiger partial charge in [0.2, 0.25) is 0 Å². The summed E-state index contributed by atoms with van der Waals surface area (Å²) in [6, 6.07) is 21.5. The van der Waals surface area contributed by atoms with Crippen molar-refractivity contribution in [1.82, 2.24) is 10.1 Å². The summed E-state index contributed by atoms with van der Waals surface area (Å²) in [5.74, 6) is 0.419. The minimum atomic E-state index is -0.217. The number of carbonyl (C=O) groups is 1. The summed E-state index contributed by atoms with van der Waals surface area (Å²) in [4.78, 5) is 18.3. The molecule has 0 aliphatic rings. The maximum Gasteiger partial charge on any atom is 0.257 e. The van der Waals surface area contributed by atoms with Gasteiger partial charge in [-0.1, -0.05) is 50.9 Å². The van der Waals surface area contributed by atoms with E-state index in [1.54, 1.807) is 18.2 Å². The van der Waals surface area contributed by atoms with Crippen LogP contribution in [0.15, 0.2) is 81.9 Å². The van der Waals surface area contributed by atoms with E-state index in [0.29, 0.717) is 22.0 Å². The number of rotatable bonds is 5. The molecule has 0 aliphatic heterocycles. The minimum absolute atomic E-state index is 0.217. The number of anilines is 1. The van der Waals surface area contributed by atoms with E-state index in [1.807, 2.05) is 30.5 Å². The lowest BCUT2D eigenvalue weighted by Gasteiger charge is -2.03. The second-order valence-corrected chi connectivity index (χ2v) is 9.53. The molecule has 32 heavy (non-hydrogen) atoms. The van der Waals surface area contributed by atoms with E-state index < -0.39 is 0 Å². The van der Waals surface area contributed by atoms with Crippen molar-refractivity contribution in [2.75, 3.05) is 5.32 Å². The van der Waals surface area contributed by atoms with Gasteiger partial charge < -0.3 is 4.52 Å². The third-order valence-corrected chi connectivity index (χ3v) is 6.56. The maximum absolute atomic E-state index is 12.9. The van der Waals surface area contributed by atoms with Crippen LogP contribution in [0.1, 0.15) is 26.4 Å². The number of aromatic nitrogens is 2. The monoisotopic (exact) mass is 503 g/mol. The van der Waals surface area contributed by atoms with Crippen molar-refractivity contribution < 1.29 is 9.32 Å². The summed E-state index contributed by atoms with van der Waals surface area (Å²) in [6.07, 6.45) is 2.60. The van der Waals surface area contributed by atoms with Crippen LogP contribution < -0.4 is 5.32 Å². The lowest BCUT2D eigenvalue weighted by molar-refractivity contribution is 0.102. The molecule has 7 heteroatoms. The van der Waals surface area contributed by atoms with Crippen LogP contribution in [0.5, 0.6) is 0 Å². The number of nitrogens with zero attached hydrogens (tertiary/aromatic N) is 2. The minimum Gasteiger partial charge on any atom is -0.355 e. The fourth-order valence-corrected chi connectivity index (χ4v) is 4.52. The highest BCUT2D eigenvalue weighted by Crippen LogP contribution is 2.30. The molecule has 0 aliphatic carbocycles. The van der Waals surface area contributed by atoms with Crippen molar-refractivity contribution >= 4 is 49.2 Å². The van der Waals surface area contributed by atoms with Crippen LogP contribution in [0.3, 0.4) is 0 Å². The number of amides is 1. The first-order valence-electron chi connectivity index (χ1n) is 10.0. The molecule has 1 amide bonds. The van der Waals surface area contributed by atoms with Crippen LogP contribution in [-0.2, 0) is 6.42 Å². The molecule has 158 valence electrons. The molecule has 2 aromatic heterocycles. The summed E-state index contributed by atoms with van der Waals surface area (Å²) in [5.41, 5.74) is 4.58. The molecule has 0 saturated carbocycles. The molecule has 0 spiro atoms. The van der Waals surface area contributed by atoms with Gasteiger partial charge in [0.15, 0.2) is 10.9 Å². The van der Waals surface area contributed by atoms with Crippen molar-refractivity contribution in [3.63, 3.8) is 0 Å². The molecule has 0 radical (unpaired) electrons. The first kappa shape index (κ1) is 20.6. The van der Waals surface area contributed by atoms with E-state index in [1.165, 1.54) is 22.5 Å². The highest BCUT2D eigenvalue weighted by Gasteiger charge is 2.15. The zero-order valence-electron chi connectivity index (χ0n) is 17.1. The Morgan fingerprint density at radius 3 is 2.62 bits per heavy atom. The summed E-state index contributed by atoms with van der Waals surface area (Å²) in [7, 11) is 0. The van der Waals surface area contributed by atoms with Crippen LogP contribution in [0.2, 0.25) is 0 Å². The fourth-order valence-electron chi connectivity index (χ4n) is 3.42. The average Bonchev–Trinajstić information content (AvgIpc) is 3.42. The highest BCUT2D eigenvalue weighted by molar-refractivity contribution is 9.10. The summed E-state index contributed by atoms with van der Waals surface area (Å²) in [5, 5.41) is 8.40. The summed E-state index contributed by atoms with van der Waals surface area (Å²) < 4.78 is 6.54. The zero-order valence-corrected chi connectivity index (χ0v) is 19.5. The third kappa shape index (κ3) is 4.35. The molecule has 1 N–H and O–H groups in total. The molecule has 5 aromatic rings. The Balaban J connectivity index is 1.35. The Labute approximate surface area is 197 Å². The van der Waals surface area contributed by atoms with Crippen LogP contribution in [0.4, 0.5) is 5.13 Å². The molecular weight excluding hydrogens is 486 g/mol. The summed E-state index contributed by atoms with van der Waals surface area (Å²) >= 11 is 4.92. The summed E-state index contributed by atoms with van der Waals surface area (Å²) in [6.45, 7) is 2.07. The molecular formula is C25H18BrN3O2S. The van der Waals surface area contributed by atoms with Crippen LogP contribution >= 0.6 is 27.3 Å². The van der Waals surface area contributed by atoms with E-state index in [2.05, 4.69) is 62.6 Å². The van der Waals surface area contributed by atoms with Crippen molar-refractivity contribution in [2.45, 2.75) is 13.3 Å².